The molecular weight excluding hydrogens is 607 g/mol. The number of anilines is 3. The minimum atomic E-state index is -0.193. The van der Waals surface area contributed by atoms with Gasteiger partial charge in [0.2, 0.25) is 0 Å². The predicted octanol–water partition coefficient (Wildman–Crippen LogP) is 13.3. The molecule has 0 unspecified atom stereocenters. The van der Waals surface area contributed by atoms with Crippen LogP contribution >= 0.6 is 0 Å². The SMILES string of the molecule is CC1(C)c2ccccc2-c2ccc(N3c4ccccc4C(C)(C)c4cc(-c5ccc6oc7ccc(-c8ccccc8)cc7c6c5)ccc43)cc21. The van der Waals surface area contributed by atoms with Crippen molar-refractivity contribution in [2.45, 2.75) is 38.5 Å². The van der Waals surface area contributed by atoms with Gasteiger partial charge in [-0.15, -0.1) is 0 Å². The van der Waals surface area contributed by atoms with Gasteiger partial charge in [-0.3, -0.25) is 0 Å². The third kappa shape index (κ3) is 4.08. The summed E-state index contributed by atoms with van der Waals surface area (Å²) in [5, 5.41) is 2.28. The summed E-state index contributed by atoms with van der Waals surface area (Å²) in [5.74, 6) is 0. The Hall–Kier alpha value is -5.86. The first-order valence-corrected chi connectivity index (χ1v) is 17.6. The van der Waals surface area contributed by atoms with Crippen LogP contribution in [0.25, 0.3) is 55.3 Å². The van der Waals surface area contributed by atoms with Crippen LogP contribution in [0, 0.1) is 0 Å². The first-order chi connectivity index (χ1) is 24.3. The van der Waals surface area contributed by atoms with Crippen molar-refractivity contribution < 1.29 is 4.42 Å². The zero-order valence-corrected chi connectivity index (χ0v) is 28.8. The van der Waals surface area contributed by atoms with Crippen molar-refractivity contribution in [3.63, 3.8) is 0 Å². The Morgan fingerprint density at radius 1 is 0.400 bits per heavy atom. The molecule has 10 rings (SSSR count). The van der Waals surface area contributed by atoms with E-state index in [0.717, 1.165) is 21.9 Å². The van der Waals surface area contributed by atoms with Gasteiger partial charge < -0.3 is 9.32 Å². The summed E-state index contributed by atoms with van der Waals surface area (Å²) >= 11 is 0. The summed E-state index contributed by atoms with van der Waals surface area (Å²) in [6, 6.07) is 55.6. The third-order valence-electron chi connectivity index (χ3n) is 11.5. The lowest BCUT2D eigenvalue weighted by molar-refractivity contribution is 0.631. The zero-order chi connectivity index (χ0) is 33.8. The van der Waals surface area contributed by atoms with Crippen LogP contribution in [0.15, 0.2) is 156 Å². The van der Waals surface area contributed by atoms with Crippen molar-refractivity contribution in [3.8, 4) is 33.4 Å². The monoisotopic (exact) mass is 643 g/mol. The number of nitrogens with zero attached hydrogens (tertiary/aromatic N) is 1. The highest BCUT2D eigenvalue weighted by Gasteiger charge is 2.39. The van der Waals surface area contributed by atoms with E-state index in [1.165, 1.54) is 72.7 Å². The highest BCUT2D eigenvalue weighted by atomic mass is 16.3. The minimum absolute atomic E-state index is 0.0685. The van der Waals surface area contributed by atoms with Gasteiger partial charge in [-0.05, 0) is 110 Å². The molecule has 8 aromatic rings. The van der Waals surface area contributed by atoms with Gasteiger partial charge in [-0.2, -0.15) is 0 Å². The van der Waals surface area contributed by atoms with E-state index in [1.54, 1.807) is 0 Å². The van der Waals surface area contributed by atoms with Gasteiger partial charge in [-0.25, -0.2) is 0 Å². The molecule has 50 heavy (non-hydrogen) atoms. The highest BCUT2D eigenvalue weighted by Crippen LogP contribution is 2.55. The smallest absolute Gasteiger partial charge is 0.135 e. The maximum Gasteiger partial charge on any atom is 0.135 e. The number of hydrogen-bond donors (Lipinski definition) is 0. The van der Waals surface area contributed by atoms with Gasteiger partial charge in [0.25, 0.3) is 0 Å². The molecule has 2 aliphatic rings. The number of fused-ring (bicyclic) bond motifs is 8. The molecule has 0 saturated heterocycles. The quantitative estimate of drug-likeness (QED) is 0.190. The largest absolute Gasteiger partial charge is 0.456 e. The summed E-state index contributed by atoms with van der Waals surface area (Å²) in [4.78, 5) is 2.48. The standard InChI is InChI=1S/C48H37NO/c1-47(2)39-15-9-8-14-35(39)36-22-21-34(29-41(36)47)49-43-17-11-10-16-40(43)48(3,4)42-28-33(18-23-44(42)49)32-20-25-46-38(27-32)37-26-31(19-24-45(37)50-46)30-12-6-5-7-13-30/h5-29H,1-4H3. The molecule has 7 aromatic carbocycles. The topological polar surface area (TPSA) is 16.4 Å². The third-order valence-corrected chi connectivity index (χ3v) is 11.5. The van der Waals surface area contributed by atoms with Crippen molar-refractivity contribution in [2.24, 2.45) is 0 Å². The molecule has 1 aromatic heterocycles. The number of furan rings is 1. The van der Waals surface area contributed by atoms with Gasteiger partial charge in [0, 0.05) is 27.3 Å². The van der Waals surface area contributed by atoms with Crippen LogP contribution in [0.4, 0.5) is 17.1 Å². The zero-order valence-electron chi connectivity index (χ0n) is 28.8. The fourth-order valence-corrected chi connectivity index (χ4v) is 8.76. The Morgan fingerprint density at radius 2 is 0.960 bits per heavy atom. The van der Waals surface area contributed by atoms with Gasteiger partial charge in [0.05, 0.1) is 11.4 Å². The summed E-state index contributed by atoms with van der Waals surface area (Å²) in [6.07, 6.45) is 0. The fourth-order valence-electron chi connectivity index (χ4n) is 8.76. The van der Waals surface area contributed by atoms with E-state index in [2.05, 4.69) is 184 Å². The van der Waals surface area contributed by atoms with Crippen molar-refractivity contribution in [2.75, 3.05) is 4.90 Å². The molecule has 1 aliphatic heterocycles. The molecule has 0 atom stereocenters. The molecule has 0 saturated carbocycles. The van der Waals surface area contributed by atoms with Crippen LogP contribution in [0.3, 0.4) is 0 Å². The fraction of sp³-hybridized carbons (Fsp3) is 0.125. The van der Waals surface area contributed by atoms with E-state index >= 15 is 0 Å². The van der Waals surface area contributed by atoms with E-state index < -0.39 is 0 Å². The number of para-hydroxylation sites is 1. The highest BCUT2D eigenvalue weighted by molar-refractivity contribution is 6.07. The van der Waals surface area contributed by atoms with E-state index in [-0.39, 0.29) is 10.8 Å². The van der Waals surface area contributed by atoms with Crippen molar-refractivity contribution >= 4 is 39.0 Å². The summed E-state index contributed by atoms with van der Waals surface area (Å²) in [5.41, 5.74) is 18.1. The Bertz CT molecular complexity index is 2660. The van der Waals surface area contributed by atoms with Gasteiger partial charge in [0.15, 0.2) is 0 Å². The summed E-state index contributed by atoms with van der Waals surface area (Å²) in [6.45, 7) is 9.45. The Kier molecular flexibility index (Phi) is 6.01. The lowest BCUT2D eigenvalue weighted by Crippen LogP contribution is -2.30. The van der Waals surface area contributed by atoms with E-state index in [4.69, 9.17) is 4.42 Å². The molecule has 0 spiro atoms. The van der Waals surface area contributed by atoms with Gasteiger partial charge >= 0.3 is 0 Å². The molecule has 0 bridgehead atoms. The Morgan fingerprint density at radius 3 is 1.72 bits per heavy atom. The van der Waals surface area contributed by atoms with E-state index in [0.29, 0.717) is 0 Å². The summed E-state index contributed by atoms with van der Waals surface area (Å²) in [7, 11) is 0. The second-order valence-electron chi connectivity index (χ2n) is 15.0. The number of hydrogen-bond acceptors (Lipinski definition) is 2. The number of benzene rings is 7. The molecule has 2 heterocycles. The Labute approximate surface area is 293 Å². The second-order valence-corrected chi connectivity index (χ2v) is 15.0. The van der Waals surface area contributed by atoms with E-state index in [9.17, 15) is 0 Å². The van der Waals surface area contributed by atoms with Crippen molar-refractivity contribution in [3.05, 3.63) is 174 Å². The van der Waals surface area contributed by atoms with Crippen molar-refractivity contribution in [1.82, 2.24) is 0 Å². The lowest BCUT2D eigenvalue weighted by Gasteiger charge is -2.42. The maximum atomic E-state index is 6.32. The molecular formula is C48H37NO. The molecule has 2 heteroatoms. The van der Waals surface area contributed by atoms with Crippen molar-refractivity contribution in [1.29, 1.82) is 0 Å². The van der Waals surface area contributed by atoms with Crippen LogP contribution in [0.2, 0.25) is 0 Å². The van der Waals surface area contributed by atoms with Gasteiger partial charge in [-0.1, -0.05) is 125 Å². The lowest BCUT2D eigenvalue weighted by atomic mass is 9.72. The normalized spacial score (nSPS) is 15.1. The van der Waals surface area contributed by atoms with Crippen LogP contribution < -0.4 is 4.90 Å². The molecule has 0 amide bonds. The maximum absolute atomic E-state index is 6.32. The average molecular weight is 644 g/mol. The molecule has 0 radical (unpaired) electrons. The Balaban J connectivity index is 1.12. The molecule has 0 N–H and O–H groups in total. The average Bonchev–Trinajstić information content (AvgIpc) is 3.63. The van der Waals surface area contributed by atoms with Crippen LogP contribution in [-0.2, 0) is 10.8 Å². The minimum Gasteiger partial charge on any atom is -0.456 e. The van der Waals surface area contributed by atoms with Crippen LogP contribution in [0.1, 0.15) is 49.9 Å². The second kappa shape index (κ2) is 10.3. The van der Waals surface area contributed by atoms with E-state index in [1.807, 2.05) is 0 Å². The predicted molar refractivity (Wildman–Crippen MR) is 209 cm³/mol. The molecule has 240 valence electrons. The first kappa shape index (κ1) is 29.1. The van der Waals surface area contributed by atoms with Crippen LogP contribution in [0.5, 0.6) is 0 Å². The first-order valence-electron chi connectivity index (χ1n) is 17.6. The molecule has 1 aliphatic carbocycles. The molecule has 2 nitrogen and oxygen atoms in total. The number of rotatable bonds is 3. The molecule has 0 fully saturated rings. The van der Waals surface area contributed by atoms with Crippen LogP contribution in [-0.4, -0.2) is 0 Å². The van der Waals surface area contributed by atoms with Gasteiger partial charge in [0.1, 0.15) is 11.2 Å². The summed E-state index contributed by atoms with van der Waals surface area (Å²) < 4.78 is 6.32.